The van der Waals surface area contributed by atoms with Crippen molar-refractivity contribution in [2.75, 3.05) is 0 Å². The number of aryl methyl sites for hydroxylation is 2. The van der Waals surface area contributed by atoms with Crippen molar-refractivity contribution in [1.82, 2.24) is 0 Å². The summed E-state index contributed by atoms with van der Waals surface area (Å²) in [6.07, 6.45) is 1.69. The van der Waals surface area contributed by atoms with Crippen LogP contribution in [0.1, 0.15) is 22.3 Å². The van der Waals surface area contributed by atoms with Gasteiger partial charge in [0.05, 0.1) is 10.7 Å². The second-order valence-corrected chi connectivity index (χ2v) is 8.47. The fraction of sp³-hybridized carbons (Fsp3) is 0.136. The third-order valence-corrected chi connectivity index (χ3v) is 5.94. The van der Waals surface area contributed by atoms with Gasteiger partial charge < -0.3 is 4.18 Å². The van der Waals surface area contributed by atoms with Crippen LogP contribution in [-0.2, 0) is 10.1 Å². The zero-order valence-electron chi connectivity index (χ0n) is 15.8. The summed E-state index contributed by atoms with van der Waals surface area (Å²) in [5, 5.41) is 0.195. The van der Waals surface area contributed by atoms with Gasteiger partial charge in [-0.05, 0) is 73.9 Å². The molecule has 3 aromatic rings. The first-order valence-corrected chi connectivity index (χ1v) is 10.5. The van der Waals surface area contributed by atoms with Crippen molar-refractivity contribution >= 4 is 33.6 Å². The van der Waals surface area contributed by atoms with Crippen LogP contribution in [0.2, 0.25) is 5.02 Å². The highest BCUT2D eigenvalue weighted by molar-refractivity contribution is 7.87. The van der Waals surface area contributed by atoms with Crippen LogP contribution in [0.5, 0.6) is 5.75 Å². The van der Waals surface area contributed by atoms with Crippen LogP contribution in [0, 0.1) is 20.8 Å². The third kappa shape index (κ3) is 4.61. The molecule has 0 aliphatic carbocycles. The van der Waals surface area contributed by atoms with E-state index in [1.54, 1.807) is 30.5 Å². The Labute approximate surface area is 170 Å². The van der Waals surface area contributed by atoms with Gasteiger partial charge in [-0.2, -0.15) is 8.42 Å². The van der Waals surface area contributed by atoms with Crippen LogP contribution >= 0.6 is 11.6 Å². The summed E-state index contributed by atoms with van der Waals surface area (Å²) in [4.78, 5) is 4.57. The summed E-state index contributed by atoms with van der Waals surface area (Å²) in [6.45, 7) is 5.93. The highest BCUT2D eigenvalue weighted by atomic mass is 35.5. The van der Waals surface area contributed by atoms with E-state index in [1.165, 1.54) is 18.2 Å². The van der Waals surface area contributed by atoms with Crippen molar-refractivity contribution in [2.45, 2.75) is 25.7 Å². The molecule has 0 unspecified atom stereocenters. The van der Waals surface area contributed by atoms with Crippen LogP contribution in [0.4, 0.5) is 5.69 Å². The van der Waals surface area contributed by atoms with E-state index in [0.717, 1.165) is 27.9 Å². The fourth-order valence-corrected chi connectivity index (χ4v) is 3.78. The van der Waals surface area contributed by atoms with Gasteiger partial charge in [-0.25, -0.2) is 0 Å². The zero-order valence-corrected chi connectivity index (χ0v) is 17.4. The molecular weight excluding hydrogens is 394 g/mol. The molecule has 4 nitrogen and oxygen atoms in total. The van der Waals surface area contributed by atoms with Crippen LogP contribution < -0.4 is 4.18 Å². The van der Waals surface area contributed by atoms with Crippen LogP contribution in [0.3, 0.4) is 0 Å². The second-order valence-electron chi connectivity index (χ2n) is 6.52. The molecule has 0 spiro atoms. The summed E-state index contributed by atoms with van der Waals surface area (Å²) < 4.78 is 30.1. The van der Waals surface area contributed by atoms with Gasteiger partial charge in [-0.3, -0.25) is 4.99 Å². The Hall–Kier alpha value is -2.63. The molecule has 0 fully saturated rings. The van der Waals surface area contributed by atoms with Crippen LogP contribution in [0.25, 0.3) is 0 Å². The van der Waals surface area contributed by atoms with Crippen molar-refractivity contribution in [3.05, 3.63) is 87.9 Å². The summed E-state index contributed by atoms with van der Waals surface area (Å²) in [7, 11) is -3.95. The summed E-state index contributed by atoms with van der Waals surface area (Å²) in [5.74, 6) is 0.0751. The van der Waals surface area contributed by atoms with Gasteiger partial charge in [0.25, 0.3) is 0 Å². The Morgan fingerprint density at radius 2 is 1.68 bits per heavy atom. The predicted octanol–water partition coefficient (Wildman–Crippen LogP) is 5.78. The molecule has 0 amide bonds. The molecule has 0 aliphatic heterocycles. The molecular formula is C22H20ClNO3S. The Morgan fingerprint density at radius 1 is 0.964 bits per heavy atom. The Kier molecular flexibility index (Phi) is 5.87. The number of nitrogens with zero attached hydrogens (tertiary/aromatic N) is 1. The quantitative estimate of drug-likeness (QED) is 0.393. The molecule has 28 heavy (non-hydrogen) atoms. The van der Waals surface area contributed by atoms with E-state index in [1.807, 2.05) is 39.0 Å². The molecule has 0 saturated carbocycles. The van der Waals surface area contributed by atoms with Gasteiger partial charge in [0.1, 0.15) is 4.90 Å². The van der Waals surface area contributed by atoms with Crippen molar-refractivity contribution < 1.29 is 12.6 Å². The summed E-state index contributed by atoms with van der Waals surface area (Å²) in [5.41, 5.74) is 4.85. The van der Waals surface area contributed by atoms with Gasteiger partial charge in [-0.1, -0.05) is 41.4 Å². The first-order valence-electron chi connectivity index (χ1n) is 8.67. The number of hydrogen-bond donors (Lipinski definition) is 0. The highest BCUT2D eigenvalue weighted by Gasteiger charge is 2.18. The Morgan fingerprint density at radius 3 is 2.36 bits per heavy atom. The van der Waals surface area contributed by atoms with Crippen molar-refractivity contribution in [3.63, 3.8) is 0 Å². The molecule has 0 aliphatic rings. The lowest BCUT2D eigenvalue weighted by molar-refractivity contribution is 0.486. The average molecular weight is 414 g/mol. The highest BCUT2D eigenvalue weighted by Crippen LogP contribution is 2.29. The molecule has 0 N–H and O–H groups in total. The van der Waals surface area contributed by atoms with Gasteiger partial charge in [0.2, 0.25) is 0 Å². The van der Waals surface area contributed by atoms with E-state index >= 15 is 0 Å². The Bertz CT molecular complexity index is 1140. The standard InChI is InChI=1S/C22H20ClNO3S/c1-15-7-10-19(11-8-15)28(25,26)27-22-12-9-18(13-20(22)23)14-24-21-6-4-5-16(2)17(21)3/h4-14H,1-3H3. The van der Waals surface area contributed by atoms with E-state index in [-0.39, 0.29) is 15.7 Å². The van der Waals surface area contributed by atoms with E-state index in [9.17, 15) is 8.42 Å². The molecule has 0 bridgehead atoms. The molecule has 0 atom stereocenters. The maximum Gasteiger partial charge on any atom is 0.339 e. The minimum absolute atomic E-state index is 0.0751. The summed E-state index contributed by atoms with van der Waals surface area (Å²) >= 11 is 6.24. The zero-order chi connectivity index (χ0) is 20.3. The SMILES string of the molecule is Cc1ccc(S(=O)(=O)Oc2ccc(C=Nc3cccc(C)c3C)cc2Cl)cc1. The lowest BCUT2D eigenvalue weighted by Crippen LogP contribution is -2.10. The monoisotopic (exact) mass is 413 g/mol. The maximum absolute atomic E-state index is 12.4. The maximum atomic E-state index is 12.4. The van der Waals surface area contributed by atoms with E-state index < -0.39 is 10.1 Å². The van der Waals surface area contributed by atoms with E-state index in [0.29, 0.717) is 0 Å². The largest absolute Gasteiger partial charge is 0.377 e. The number of aliphatic imine (C=N–C) groups is 1. The minimum atomic E-state index is -3.95. The lowest BCUT2D eigenvalue weighted by Gasteiger charge is -2.09. The fourth-order valence-electron chi connectivity index (χ4n) is 2.56. The molecule has 144 valence electrons. The van der Waals surface area contributed by atoms with E-state index in [2.05, 4.69) is 4.99 Å². The van der Waals surface area contributed by atoms with Crippen molar-refractivity contribution in [3.8, 4) is 5.75 Å². The van der Waals surface area contributed by atoms with Crippen molar-refractivity contribution in [1.29, 1.82) is 0 Å². The molecule has 0 heterocycles. The smallest absolute Gasteiger partial charge is 0.339 e. The molecule has 0 aromatic heterocycles. The van der Waals surface area contributed by atoms with E-state index in [4.69, 9.17) is 15.8 Å². The van der Waals surface area contributed by atoms with Gasteiger partial charge in [0, 0.05) is 6.21 Å². The number of halogens is 1. The topological polar surface area (TPSA) is 55.7 Å². The number of benzene rings is 3. The van der Waals surface area contributed by atoms with Gasteiger partial charge >= 0.3 is 10.1 Å². The number of rotatable bonds is 5. The third-order valence-electron chi connectivity index (χ3n) is 4.39. The minimum Gasteiger partial charge on any atom is -0.377 e. The average Bonchev–Trinajstić information content (AvgIpc) is 2.65. The van der Waals surface area contributed by atoms with Crippen molar-refractivity contribution in [2.24, 2.45) is 4.99 Å². The van der Waals surface area contributed by atoms with Gasteiger partial charge in [0.15, 0.2) is 5.75 Å². The molecule has 3 aromatic carbocycles. The lowest BCUT2D eigenvalue weighted by atomic mass is 10.1. The normalized spacial score (nSPS) is 11.7. The van der Waals surface area contributed by atoms with Crippen LogP contribution in [-0.4, -0.2) is 14.6 Å². The second kappa shape index (κ2) is 8.17. The molecule has 3 rings (SSSR count). The first-order chi connectivity index (χ1) is 13.3. The molecule has 0 saturated heterocycles. The molecule has 0 radical (unpaired) electrons. The summed E-state index contributed by atoms with van der Waals surface area (Å²) in [6, 6.07) is 17.2. The Balaban J connectivity index is 1.81. The predicted molar refractivity (Wildman–Crippen MR) is 114 cm³/mol. The van der Waals surface area contributed by atoms with Crippen LogP contribution in [0.15, 0.2) is 70.6 Å². The van der Waals surface area contributed by atoms with Gasteiger partial charge in [-0.15, -0.1) is 0 Å². The first kappa shape index (κ1) is 20.1. The molecule has 6 heteroatoms. The number of hydrogen-bond acceptors (Lipinski definition) is 4.